The molecule has 0 bridgehead atoms. The van der Waals surface area contributed by atoms with Gasteiger partial charge >= 0.3 is 0 Å². The van der Waals surface area contributed by atoms with Gasteiger partial charge in [0, 0.05) is 16.2 Å². The number of benzene rings is 2. The minimum atomic E-state index is -0.336. The number of hydrogen-bond acceptors (Lipinski definition) is 3. The summed E-state index contributed by atoms with van der Waals surface area (Å²) in [5.41, 5.74) is 1.61. The Kier molecular flexibility index (Phi) is 4.98. The van der Waals surface area contributed by atoms with E-state index in [2.05, 4.69) is 21.2 Å². The van der Waals surface area contributed by atoms with Gasteiger partial charge in [-0.3, -0.25) is 0 Å². The molecule has 2 N–H and O–H groups in total. The van der Waals surface area contributed by atoms with Crippen LogP contribution in [0.1, 0.15) is 11.6 Å². The Hall–Kier alpha value is -1.59. The molecule has 0 fully saturated rings. The van der Waals surface area contributed by atoms with E-state index < -0.39 is 0 Å². The van der Waals surface area contributed by atoms with Crippen molar-refractivity contribution < 1.29 is 14.2 Å². The zero-order valence-electron chi connectivity index (χ0n) is 10.9. The summed E-state index contributed by atoms with van der Waals surface area (Å²) in [6, 6.07) is 11.5. The van der Waals surface area contributed by atoms with Crippen molar-refractivity contribution in [1.82, 2.24) is 0 Å². The van der Waals surface area contributed by atoms with Gasteiger partial charge in [0.25, 0.3) is 0 Å². The number of aliphatic hydroxyl groups is 1. The number of halogens is 2. The predicted molar refractivity (Wildman–Crippen MR) is 80.5 cm³/mol. The lowest BCUT2D eigenvalue weighted by molar-refractivity contribution is 0.276. The van der Waals surface area contributed by atoms with E-state index in [0.717, 1.165) is 17.0 Å². The molecule has 0 aromatic heterocycles. The molecule has 20 heavy (non-hydrogen) atoms. The highest BCUT2D eigenvalue weighted by Crippen LogP contribution is 2.28. The van der Waals surface area contributed by atoms with Crippen molar-refractivity contribution in [3.8, 4) is 5.75 Å². The summed E-state index contributed by atoms with van der Waals surface area (Å²) in [4.78, 5) is 0. The third kappa shape index (κ3) is 3.49. The standard InChI is InChI=1S/C15H15BrFNO2/c1-20-12-4-2-3-11(8-12)18-15(9-19)13-6-5-10(17)7-14(13)16/h2-8,15,18-19H,9H2,1H3. The monoisotopic (exact) mass is 339 g/mol. The van der Waals surface area contributed by atoms with Crippen molar-refractivity contribution in [2.24, 2.45) is 0 Å². The molecule has 2 rings (SSSR count). The summed E-state index contributed by atoms with van der Waals surface area (Å²) >= 11 is 3.31. The Bertz CT molecular complexity index is 592. The Balaban J connectivity index is 2.23. The molecule has 0 radical (unpaired) electrons. The van der Waals surface area contributed by atoms with Crippen molar-refractivity contribution in [2.75, 3.05) is 19.0 Å². The van der Waals surface area contributed by atoms with E-state index in [1.54, 1.807) is 13.2 Å². The average molecular weight is 340 g/mol. The zero-order valence-corrected chi connectivity index (χ0v) is 12.5. The van der Waals surface area contributed by atoms with Gasteiger partial charge in [-0.25, -0.2) is 4.39 Å². The second-order valence-electron chi connectivity index (χ2n) is 4.28. The summed E-state index contributed by atoms with van der Waals surface area (Å²) in [7, 11) is 1.60. The Morgan fingerprint density at radius 2 is 2.10 bits per heavy atom. The van der Waals surface area contributed by atoms with Gasteiger partial charge in [0.15, 0.2) is 0 Å². The number of aliphatic hydroxyl groups excluding tert-OH is 1. The van der Waals surface area contributed by atoms with E-state index in [0.29, 0.717) is 4.47 Å². The van der Waals surface area contributed by atoms with Gasteiger partial charge in [-0.1, -0.05) is 28.1 Å². The van der Waals surface area contributed by atoms with E-state index in [-0.39, 0.29) is 18.5 Å². The second kappa shape index (κ2) is 6.72. The first-order valence-electron chi connectivity index (χ1n) is 6.10. The van der Waals surface area contributed by atoms with Crippen LogP contribution < -0.4 is 10.1 Å². The highest BCUT2D eigenvalue weighted by molar-refractivity contribution is 9.10. The van der Waals surface area contributed by atoms with Crippen LogP contribution in [0, 0.1) is 5.82 Å². The molecule has 0 spiro atoms. The molecule has 1 unspecified atom stereocenters. The summed E-state index contributed by atoms with van der Waals surface area (Å²) in [6.45, 7) is -0.110. The van der Waals surface area contributed by atoms with E-state index in [4.69, 9.17) is 4.74 Å². The van der Waals surface area contributed by atoms with E-state index in [1.165, 1.54) is 12.1 Å². The minimum absolute atomic E-state index is 0.110. The van der Waals surface area contributed by atoms with Crippen molar-refractivity contribution in [3.63, 3.8) is 0 Å². The van der Waals surface area contributed by atoms with Crippen molar-refractivity contribution >= 4 is 21.6 Å². The van der Waals surface area contributed by atoms with Crippen LogP contribution in [0.4, 0.5) is 10.1 Å². The average Bonchev–Trinajstić information content (AvgIpc) is 2.45. The van der Waals surface area contributed by atoms with Crippen LogP contribution in [-0.4, -0.2) is 18.8 Å². The van der Waals surface area contributed by atoms with Crippen molar-refractivity contribution in [2.45, 2.75) is 6.04 Å². The summed E-state index contributed by atoms with van der Waals surface area (Å²) in [5, 5.41) is 12.8. The van der Waals surface area contributed by atoms with E-state index >= 15 is 0 Å². The van der Waals surface area contributed by atoms with Gasteiger partial charge in [0.2, 0.25) is 0 Å². The molecule has 2 aromatic rings. The third-order valence-electron chi connectivity index (χ3n) is 2.93. The van der Waals surface area contributed by atoms with Crippen LogP contribution in [0.2, 0.25) is 0 Å². The first kappa shape index (κ1) is 14.8. The number of anilines is 1. The lowest BCUT2D eigenvalue weighted by Crippen LogP contribution is -2.15. The van der Waals surface area contributed by atoms with Crippen molar-refractivity contribution in [1.29, 1.82) is 0 Å². The molecule has 3 nitrogen and oxygen atoms in total. The molecule has 2 aromatic carbocycles. The maximum absolute atomic E-state index is 13.1. The summed E-state index contributed by atoms with van der Waals surface area (Å²) < 4.78 is 18.9. The third-order valence-corrected chi connectivity index (χ3v) is 3.62. The van der Waals surface area contributed by atoms with Crippen LogP contribution in [0.25, 0.3) is 0 Å². The summed E-state index contributed by atoms with van der Waals surface area (Å²) in [5.74, 6) is 0.406. The normalized spacial score (nSPS) is 12.0. The number of rotatable bonds is 5. The highest BCUT2D eigenvalue weighted by atomic mass is 79.9. The van der Waals surface area contributed by atoms with Crippen LogP contribution in [0.15, 0.2) is 46.9 Å². The molecule has 5 heteroatoms. The lowest BCUT2D eigenvalue weighted by Gasteiger charge is -2.19. The molecule has 106 valence electrons. The quantitative estimate of drug-likeness (QED) is 0.871. The number of hydrogen-bond donors (Lipinski definition) is 2. The van der Waals surface area contributed by atoms with Crippen molar-refractivity contribution in [3.05, 3.63) is 58.3 Å². The van der Waals surface area contributed by atoms with Gasteiger partial charge in [-0.05, 0) is 29.8 Å². The van der Waals surface area contributed by atoms with Gasteiger partial charge in [0.1, 0.15) is 11.6 Å². The van der Waals surface area contributed by atoms with Gasteiger partial charge in [-0.2, -0.15) is 0 Å². The predicted octanol–water partition coefficient (Wildman–Crippen LogP) is 3.74. The molecule has 0 amide bonds. The first-order chi connectivity index (χ1) is 9.63. The van der Waals surface area contributed by atoms with Crippen LogP contribution in [-0.2, 0) is 0 Å². The molecule has 0 heterocycles. The fraction of sp³-hybridized carbons (Fsp3) is 0.200. The number of nitrogens with one attached hydrogen (secondary N) is 1. The summed E-state index contributed by atoms with van der Waals surface area (Å²) in [6.07, 6.45) is 0. The van der Waals surface area contributed by atoms with Gasteiger partial charge < -0.3 is 15.2 Å². The maximum Gasteiger partial charge on any atom is 0.124 e. The fourth-order valence-electron chi connectivity index (χ4n) is 1.92. The van der Waals surface area contributed by atoms with Gasteiger partial charge in [0.05, 0.1) is 19.8 Å². The van der Waals surface area contributed by atoms with E-state index in [9.17, 15) is 9.50 Å². The van der Waals surface area contributed by atoms with Crippen LogP contribution in [0.3, 0.4) is 0 Å². The second-order valence-corrected chi connectivity index (χ2v) is 5.13. The molecule has 0 aliphatic carbocycles. The SMILES string of the molecule is COc1cccc(NC(CO)c2ccc(F)cc2Br)c1. The smallest absolute Gasteiger partial charge is 0.124 e. The first-order valence-corrected chi connectivity index (χ1v) is 6.89. The largest absolute Gasteiger partial charge is 0.497 e. The minimum Gasteiger partial charge on any atom is -0.497 e. The fourth-order valence-corrected chi connectivity index (χ4v) is 2.55. The molecular weight excluding hydrogens is 325 g/mol. The van der Waals surface area contributed by atoms with E-state index in [1.807, 2.05) is 24.3 Å². The Morgan fingerprint density at radius 3 is 2.75 bits per heavy atom. The van der Waals surface area contributed by atoms with Gasteiger partial charge in [-0.15, -0.1) is 0 Å². The van der Waals surface area contributed by atoms with Crippen LogP contribution >= 0.6 is 15.9 Å². The molecule has 0 aliphatic rings. The topological polar surface area (TPSA) is 41.5 Å². The number of ether oxygens (including phenoxy) is 1. The highest BCUT2D eigenvalue weighted by Gasteiger charge is 2.14. The van der Waals surface area contributed by atoms with Crippen LogP contribution in [0.5, 0.6) is 5.75 Å². The maximum atomic E-state index is 13.1. The molecular formula is C15H15BrFNO2. The lowest BCUT2D eigenvalue weighted by atomic mass is 10.1. The Labute approximate surface area is 125 Å². The molecule has 0 saturated carbocycles. The Morgan fingerprint density at radius 1 is 1.30 bits per heavy atom. The zero-order chi connectivity index (χ0) is 14.5. The number of methoxy groups -OCH3 is 1. The molecule has 0 aliphatic heterocycles. The molecule has 1 atom stereocenters. The molecule has 0 saturated heterocycles.